The number of carbonyl (C=O) groups excluding carboxylic acids is 1. The summed E-state index contributed by atoms with van der Waals surface area (Å²) in [6.45, 7) is 3.22. The lowest BCUT2D eigenvalue weighted by molar-refractivity contribution is 0.110. The molecule has 1 heterocycles. The maximum absolute atomic E-state index is 10.5. The molecule has 0 N–H and O–H groups in total. The second-order valence-electron chi connectivity index (χ2n) is 4.07. The number of rotatable bonds is 6. The van der Waals surface area contributed by atoms with Crippen LogP contribution in [0.25, 0.3) is 0 Å². The number of hydrogen-bond acceptors (Lipinski definition) is 3. The van der Waals surface area contributed by atoms with Gasteiger partial charge in [0.2, 0.25) is 0 Å². The fourth-order valence-electron chi connectivity index (χ4n) is 1.75. The number of anilines is 1. The first-order valence-corrected chi connectivity index (χ1v) is 5.66. The zero-order valence-corrected chi connectivity index (χ0v) is 9.11. The quantitative estimate of drug-likeness (QED) is 0.672. The highest BCUT2D eigenvalue weighted by Gasteiger charge is 2.30. The molecule has 1 fully saturated rings. The molecule has 0 radical (unpaired) electrons. The number of furan rings is 1. The van der Waals surface area contributed by atoms with Crippen molar-refractivity contribution in [3.05, 3.63) is 17.9 Å². The summed E-state index contributed by atoms with van der Waals surface area (Å²) in [5.41, 5.74) is 0. The normalized spacial score (nSPS) is 15.3. The van der Waals surface area contributed by atoms with Gasteiger partial charge in [-0.15, -0.1) is 0 Å². The Labute approximate surface area is 90.1 Å². The van der Waals surface area contributed by atoms with Crippen molar-refractivity contribution in [3.63, 3.8) is 0 Å². The Morgan fingerprint density at radius 2 is 2.33 bits per heavy atom. The van der Waals surface area contributed by atoms with Crippen LogP contribution >= 0.6 is 0 Å². The molecule has 3 heteroatoms. The van der Waals surface area contributed by atoms with Gasteiger partial charge in [0.1, 0.15) is 0 Å². The summed E-state index contributed by atoms with van der Waals surface area (Å²) < 4.78 is 5.45. The van der Waals surface area contributed by atoms with Gasteiger partial charge in [0.25, 0.3) is 0 Å². The maximum Gasteiger partial charge on any atom is 0.196 e. The van der Waals surface area contributed by atoms with Crippen molar-refractivity contribution in [3.8, 4) is 0 Å². The van der Waals surface area contributed by atoms with Crippen molar-refractivity contribution < 1.29 is 9.21 Å². The van der Waals surface area contributed by atoms with Gasteiger partial charge in [0.15, 0.2) is 17.9 Å². The highest BCUT2D eigenvalue weighted by Crippen LogP contribution is 2.32. The Hall–Kier alpha value is -1.25. The van der Waals surface area contributed by atoms with Gasteiger partial charge in [-0.3, -0.25) is 4.79 Å². The molecule has 1 aromatic rings. The van der Waals surface area contributed by atoms with Crippen LogP contribution in [0, 0.1) is 0 Å². The average molecular weight is 207 g/mol. The fourth-order valence-corrected chi connectivity index (χ4v) is 1.75. The summed E-state index contributed by atoms with van der Waals surface area (Å²) in [7, 11) is 0. The Kier molecular flexibility index (Phi) is 3.09. The summed E-state index contributed by atoms with van der Waals surface area (Å²) in [6.07, 6.45) is 5.62. The van der Waals surface area contributed by atoms with Gasteiger partial charge in [-0.05, 0) is 25.3 Å². The zero-order valence-electron chi connectivity index (χ0n) is 9.11. The highest BCUT2D eigenvalue weighted by molar-refractivity contribution is 5.71. The number of carbonyl (C=O) groups is 1. The van der Waals surface area contributed by atoms with Crippen molar-refractivity contribution in [1.29, 1.82) is 0 Å². The van der Waals surface area contributed by atoms with E-state index in [4.69, 9.17) is 4.42 Å². The van der Waals surface area contributed by atoms with Crippen molar-refractivity contribution in [2.24, 2.45) is 0 Å². The Morgan fingerprint density at radius 1 is 1.53 bits per heavy atom. The number of nitrogens with zero attached hydrogens (tertiary/aromatic N) is 1. The van der Waals surface area contributed by atoms with Gasteiger partial charge in [-0.25, -0.2) is 0 Å². The Bertz CT molecular complexity index is 328. The molecule has 0 aliphatic heterocycles. The lowest BCUT2D eigenvalue weighted by atomic mass is 10.3. The molecule has 82 valence electrons. The lowest BCUT2D eigenvalue weighted by Gasteiger charge is -2.20. The zero-order chi connectivity index (χ0) is 10.7. The van der Waals surface area contributed by atoms with Gasteiger partial charge in [0, 0.05) is 18.7 Å². The van der Waals surface area contributed by atoms with Crippen LogP contribution in [0.1, 0.15) is 43.2 Å². The van der Waals surface area contributed by atoms with E-state index in [2.05, 4.69) is 11.8 Å². The van der Waals surface area contributed by atoms with Crippen molar-refractivity contribution in [1.82, 2.24) is 0 Å². The minimum Gasteiger partial charge on any atom is -0.438 e. The number of unbranched alkanes of at least 4 members (excludes halogenated alkanes) is 1. The number of aldehydes is 1. The van der Waals surface area contributed by atoms with E-state index in [1.165, 1.54) is 25.7 Å². The van der Waals surface area contributed by atoms with E-state index in [0.29, 0.717) is 11.8 Å². The standard InChI is InChI=1S/C12H17NO2/c1-2-3-8-13(10-4-5-10)12-7-6-11(9-14)15-12/h6-7,9-10H,2-5,8H2,1H3. The first-order valence-electron chi connectivity index (χ1n) is 5.66. The molecule has 1 aliphatic carbocycles. The molecule has 0 bridgehead atoms. The smallest absolute Gasteiger partial charge is 0.196 e. The molecular weight excluding hydrogens is 190 g/mol. The van der Waals surface area contributed by atoms with Gasteiger partial charge >= 0.3 is 0 Å². The van der Waals surface area contributed by atoms with Crippen LogP contribution in [0.5, 0.6) is 0 Å². The van der Waals surface area contributed by atoms with E-state index in [1.807, 2.05) is 6.07 Å². The molecule has 1 saturated carbocycles. The van der Waals surface area contributed by atoms with Gasteiger partial charge < -0.3 is 9.32 Å². The topological polar surface area (TPSA) is 33.5 Å². The second-order valence-corrected chi connectivity index (χ2v) is 4.07. The summed E-state index contributed by atoms with van der Waals surface area (Å²) in [5, 5.41) is 0. The van der Waals surface area contributed by atoms with E-state index in [9.17, 15) is 4.79 Å². The predicted octanol–water partition coefficient (Wildman–Crippen LogP) is 2.86. The lowest BCUT2D eigenvalue weighted by Crippen LogP contribution is -2.26. The van der Waals surface area contributed by atoms with Crippen LogP contribution in [-0.2, 0) is 0 Å². The SMILES string of the molecule is CCCCN(c1ccc(C=O)o1)C1CC1. The largest absolute Gasteiger partial charge is 0.438 e. The summed E-state index contributed by atoms with van der Waals surface area (Å²) in [4.78, 5) is 12.8. The van der Waals surface area contributed by atoms with Crippen LogP contribution in [0.15, 0.2) is 16.5 Å². The predicted molar refractivity (Wildman–Crippen MR) is 59.4 cm³/mol. The summed E-state index contributed by atoms with van der Waals surface area (Å²) in [5.74, 6) is 1.28. The van der Waals surface area contributed by atoms with Crippen LogP contribution in [0.3, 0.4) is 0 Å². The molecule has 0 amide bonds. The van der Waals surface area contributed by atoms with Gasteiger partial charge in [-0.1, -0.05) is 13.3 Å². The Balaban J connectivity index is 2.05. The molecule has 0 spiro atoms. The minimum absolute atomic E-state index is 0.423. The van der Waals surface area contributed by atoms with E-state index in [-0.39, 0.29) is 0 Å². The third-order valence-electron chi connectivity index (χ3n) is 2.75. The third kappa shape index (κ3) is 2.41. The maximum atomic E-state index is 10.5. The molecule has 1 aliphatic rings. The van der Waals surface area contributed by atoms with Gasteiger partial charge in [0.05, 0.1) is 0 Å². The van der Waals surface area contributed by atoms with Crippen LogP contribution in [-0.4, -0.2) is 18.9 Å². The number of hydrogen-bond donors (Lipinski definition) is 0. The second kappa shape index (κ2) is 4.51. The summed E-state index contributed by atoms with van der Waals surface area (Å²) in [6, 6.07) is 4.28. The molecular formula is C12H17NO2. The van der Waals surface area contributed by atoms with E-state index >= 15 is 0 Å². The third-order valence-corrected chi connectivity index (χ3v) is 2.75. The summed E-state index contributed by atoms with van der Waals surface area (Å²) >= 11 is 0. The monoisotopic (exact) mass is 207 g/mol. The van der Waals surface area contributed by atoms with Gasteiger partial charge in [-0.2, -0.15) is 0 Å². The molecule has 0 aromatic carbocycles. The van der Waals surface area contributed by atoms with E-state index in [1.54, 1.807) is 6.07 Å². The first kappa shape index (κ1) is 10.3. The Morgan fingerprint density at radius 3 is 2.87 bits per heavy atom. The van der Waals surface area contributed by atoms with Crippen LogP contribution in [0.2, 0.25) is 0 Å². The van der Waals surface area contributed by atoms with Crippen LogP contribution < -0.4 is 4.90 Å². The van der Waals surface area contributed by atoms with E-state index < -0.39 is 0 Å². The molecule has 0 atom stereocenters. The van der Waals surface area contributed by atoms with Crippen molar-refractivity contribution >= 4 is 12.2 Å². The molecule has 3 nitrogen and oxygen atoms in total. The first-order chi connectivity index (χ1) is 7.35. The van der Waals surface area contributed by atoms with E-state index in [0.717, 1.165) is 18.7 Å². The minimum atomic E-state index is 0.423. The molecule has 0 unspecified atom stereocenters. The fraction of sp³-hybridized carbons (Fsp3) is 0.583. The molecule has 15 heavy (non-hydrogen) atoms. The molecule has 2 rings (SSSR count). The highest BCUT2D eigenvalue weighted by atomic mass is 16.4. The molecule has 1 aromatic heterocycles. The average Bonchev–Trinajstić information content (AvgIpc) is 2.97. The molecule has 0 saturated heterocycles. The van der Waals surface area contributed by atoms with Crippen LogP contribution in [0.4, 0.5) is 5.88 Å². The van der Waals surface area contributed by atoms with Crippen molar-refractivity contribution in [2.45, 2.75) is 38.6 Å². The van der Waals surface area contributed by atoms with Crippen molar-refractivity contribution in [2.75, 3.05) is 11.4 Å².